The summed E-state index contributed by atoms with van der Waals surface area (Å²) in [5.41, 5.74) is 2.21. The molecule has 4 rings (SSSR count). The Morgan fingerprint density at radius 2 is 2.12 bits per heavy atom. The predicted molar refractivity (Wildman–Crippen MR) is 87.0 cm³/mol. The van der Waals surface area contributed by atoms with E-state index >= 15 is 0 Å². The van der Waals surface area contributed by atoms with Gasteiger partial charge in [-0.25, -0.2) is 0 Å². The van der Waals surface area contributed by atoms with Gasteiger partial charge in [-0.2, -0.15) is 0 Å². The maximum absolute atomic E-state index is 5.62. The van der Waals surface area contributed by atoms with E-state index in [2.05, 4.69) is 10.1 Å². The van der Waals surface area contributed by atoms with E-state index in [9.17, 15) is 0 Å². The van der Waals surface area contributed by atoms with Crippen LogP contribution in [0.4, 0.5) is 0 Å². The van der Waals surface area contributed by atoms with Crippen molar-refractivity contribution in [3.63, 3.8) is 0 Å². The number of oxime groups is 1. The highest BCUT2D eigenvalue weighted by molar-refractivity contribution is 5.87. The van der Waals surface area contributed by atoms with E-state index in [4.69, 9.17) is 23.8 Å². The second-order valence-electron chi connectivity index (χ2n) is 6.21. The first-order valence-electron chi connectivity index (χ1n) is 8.30. The first-order chi connectivity index (χ1) is 11.8. The molecule has 7 nitrogen and oxygen atoms in total. The van der Waals surface area contributed by atoms with Gasteiger partial charge in [0.05, 0.1) is 26.0 Å². The van der Waals surface area contributed by atoms with Crippen molar-refractivity contribution < 1.29 is 23.8 Å². The molecular weight excluding hydrogens is 312 g/mol. The SMILES string of the molecule is COc1cc(C[C@H]2CC(CN3CCOCC3)=NO2)cc2c1OCO2. The van der Waals surface area contributed by atoms with Crippen LogP contribution in [0.5, 0.6) is 17.2 Å². The molecule has 1 aromatic rings. The van der Waals surface area contributed by atoms with Gasteiger partial charge >= 0.3 is 0 Å². The fraction of sp³-hybridized carbons (Fsp3) is 0.588. The summed E-state index contributed by atoms with van der Waals surface area (Å²) < 4.78 is 21.7. The second kappa shape index (κ2) is 6.86. The number of rotatable bonds is 5. The summed E-state index contributed by atoms with van der Waals surface area (Å²) in [5, 5.41) is 4.27. The Bertz CT molecular complexity index is 628. The molecule has 0 unspecified atom stereocenters. The van der Waals surface area contributed by atoms with Crippen molar-refractivity contribution in [2.24, 2.45) is 5.16 Å². The molecule has 0 saturated carbocycles. The molecule has 0 amide bonds. The summed E-state index contributed by atoms with van der Waals surface area (Å²) in [6, 6.07) is 3.98. The van der Waals surface area contributed by atoms with Crippen molar-refractivity contribution in [1.82, 2.24) is 4.90 Å². The fourth-order valence-corrected chi connectivity index (χ4v) is 3.27. The van der Waals surface area contributed by atoms with Crippen molar-refractivity contribution >= 4 is 5.71 Å². The number of hydrogen-bond donors (Lipinski definition) is 0. The first kappa shape index (κ1) is 15.5. The summed E-state index contributed by atoms with van der Waals surface area (Å²) in [6.07, 6.45) is 1.68. The summed E-state index contributed by atoms with van der Waals surface area (Å²) in [5.74, 6) is 2.11. The summed E-state index contributed by atoms with van der Waals surface area (Å²) in [6.45, 7) is 4.63. The molecule has 1 fully saturated rings. The summed E-state index contributed by atoms with van der Waals surface area (Å²) in [7, 11) is 1.64. The van der Waals surface area contributed by atoms with Gasteiger partial charge in [0.25, 0.3) is 0 Å². The van der Waals surface area contributed by atoms with Crippen LogP contribution in [0.15, 0.2) is 17.3 Å². The standard InChI is InChI=1S/C17H22N2O5/c1-20-15-7-12(8-16-17(15)23-11-22-16)6-14-9-13(18-24-14)10-19-2-4-21-5-3-19/h7-8,14H,2-6,9-11H2,1H3/t14-/m0/s1. The molecule has 7 heteroatoms. The van der Waals surface area contributed by atoms with Crippen molar-refractivity contribution in [3.05, 3.63) is 17.7 Å². The van der Waals surface area contributed by atoms with E-state index in [-0.39, 0.29) is 12.9 Å². The van der Waals surface area contributed by atoms with Crippen molar-refractivity contribution in [1.29, 1.82) is 0 Å². The number of morpholine rings is 1. The molecule has 0 N–H and O–H groups in total. The Kier molecular flexibility index (Phi) is 4.44. The van der Waals surface area contributed by atoms with E-state index in [0.29, 0.717) is 11.5 Å². The van der Waals surface area contributed by atoms with Crippen LogP contribution in [-0.4, -0.2) is 63.5 Å². The fourth-order valence-electron chi connectivity index (χ4n) is 3.27. The number of ether oxygens (including phenoxy) is 4. The smallest absolute Gasteiger partial charge is 0.231 e. The van der Waals surface area contributed by atoms with Gasteiger partial charge in [0.1, 0.15) is 6.10 Å². The van der Waals surface area contributed by atoms with Gasteiger partial charge in [0, 0.05) is 32.5 Å². The van der Waals surface area contributed by atoms with E-state index < -0.39 is 0 Å². The van der Waals surface area contributed by atoms with Gasteiger partial charge in [0.2, 0.25) is 12.5 Å². The maximum Gasteiger partial charge on any atom is 0.231 e. The lowest BCUT2D eigenvalue weighted by Gasteiger charge is -2.26. The lowest BCUT2D eigenvalue weighted by atomic mass is 10.0. The van der Waals surface area contributed by atoms with Crippen molar-refractivity contribution in [3.8, 4) is 17.2 Å². The Morgan fingerprint density at radius 3 is 2.96 bits per heavy atom. The van der Waals surface area contributed by atoms with Gasteiger partial charge in [-0.3, -0.25) is 4.90 Å². The molecule has 0 bridgehead atoms. The van der Waals surface area contributed by atoms with Gasteiger partial charge in [-0.15, -0.1) is 0 Å². The topological polar surface area (TPSA) is 61.8 Å². The molecular formula is C17H22N2O5. The molecule has 1 aromatic carbocycles. The third-order valence-electron chi connectivity index (χ3n) is 4.49. The second-order valence-corrected chi connectivity index (χ2v) is 6.21. The quantitative estimate of drug-likeness (QED) is 0.812. The highest BCUT2D eigenvalue weighted by Crippen LogP contribution is 2.42. The van der Waals surface area contributed by atoms with Crippen LogP contribution in [0.1, 0.15) is 12.0 Å². The number of hydrogen-bond acceptors (Lipinski definition) is 7. The van der Waals surface area contributed by atoms with Crippen LogP contribution >= 0.6 is 0 Å². The van der Waals surface area contributed by atoms with Crippen LogP contribution in [0.2, 0.25) is 0 Å². The molecule has 0 aliphatic carbocycles. The minimum Gasteiger partial charge on any atom is -0.493 e. The Balaban J connectivity index is 1.35. The molecule has 24 heavy (non-hydrogen) atoms. The van der Waals surface area contributed by atoms with E-state index in [1.54, 1.807) is 7.11 Å². The normalized spacial score (nSPS) is 23.0. The molecule has 3 heterocycles. The van der Waals surface area contributed by atoms with Crippen LogP contribution in [0.3, 0.4) is 0 Å². The lowest BCUT2D eigenvalue weighted by Crippen LogP contribution is -2.39. The molecule has 0 aromatic heterocycles. The average Bonchev–Trinajstić information content (AvgIpc) is 3.24. The number of benzene rings is 1. The first-order valence-corrected chi connectivity index (χ1v) is 8.30. The zero-order valence-corrected chi connectivity index (χ0v) is 13.8. The predicted octanol–water partition coefficient (Wildman–Crippen LogP) is 1.44. The number of nitrogens with zero attached hydrogens (tertiary/aromatic N) is 2. The van der Waals surface area contributed by atoms with E-state index in [1.165, 1.54) is 0 Å². The zero-order chi connectivity index (χ0) is 16.4. The van der Waals surface area contributed by atoms with E-state index in [0.717, 1.165) is 62.7 Å². The highest BCUT2D eigenvalue weighted by Gasteiger charge is 2.26. The van der Waals surface area contributed by atoms with Crippen LogP contribution in [0.25, 0.3) is 0 Å². The number of methoxy groups -OCH3 is 1. The van der Waals surface area contributed by atoms with Crippen LogP contribution < -0.4 is 14.2 Å². The molecule has 3 aliphatic heterocycles. The van der Waals surface area contributed by atoms with Gasteiger partial charge in [-0.05, 0) is 17.7 Å². The largest absolute Gasteiger partial charge is 0.493 e. The average molecular weight is 334 g/mol. The van der Waals surface area contributed by atoms with Gasteiger partial charge in [-0.1, -0.05) is 5.16 Å². The molecule has 0 spiro atoms. The van der Waals surface area contributed by atoms with Crippen molar-refractivity contribution in [2.75, 3.05) is 46.8 Å². The minimum absolute atomic E-state index is 0.0612. The highest BCUT2D eigenvalue weighted by atomic mass is 16.7. The third kappa shape index (κ3) is 3.27. The van der Waals surface area contributed by atoms with Crippen LogP contribution in [0, 0.1) is 0 Å². The lowest BCUT2D eigenvalue weighted by molar-refractivity contribution is 0.0450. The molecule has 3 aliphatic rings. The Hall–Kier alpha value is -1.99. The summed E-state index contributed by atoms with van der Waals surface area (Å²) >= 11 is 0. The van der Waals surface area contributed by atoms with Gasteiger partial charge < -0.3 is 23.8 Å². The van der Waals surface area contributed by atoms with Gasteiger partial charge in [0.15, 0.2) is 11.5 Å². The minimum atomic E-state index is 0.0612. The summed E-state index contributed by atoms with van der Waals surface area (Å²) in [4.78, 5) is 7.98. The van der Waals surface area contributed by atoms with E-state index in [1.807, 2.05) is 12.1 Å². The Morgan fingerprint density at radius 1 is 1.25 bits per heavy atom. The van der Waals surface area contributed by atoms with Crippen LogP contribution in [-0.2, 0) is 16.0 Å². The van der Waals surface area contributed by atoms with Crippen molar-refractivity contribution in [2.45, 2.75) is 18.9 Å². The molecule has 130 valence electrons. The third-order valence-corrected chi connectivity index (χ3v) is 4.49. The molecule has 1 atom stereocenters. The zero-order valence-electron chi connectivity index (χ0n) is 13.8. The monoisotopic (exact) mass is 334 g/mol. The number of fused-ring (bicyclic) bond motifs is 1. The molecule has 1 saturated heterocycles. The Labute approximate surface area is 141 Å². The maximum atomic E-state index is 5.62. The molecule has 0 radical (unpaired) electrons.